The Morgan fingerprint density at radius 2 is 2.08 bits per heavy atom. The largest absolute Gasteiger partial charge is 0.491 e. The second-order valence-electron chi connectivity index (χ2n) is 6.58. The highest BCUT2D eigenvalue weighted by molar-refractivity contribution is 9.10. The van der Waals surface area contributed by atoms with Crippen molar-refractivity contribution in [1.29, 1.82) is 0 Å². The van der Waals surface area contributed by atoms with Gasteiger partial charge in [0.15, 0.2) is 5.60 Å². The topological polar surface area (TPSA) is 47.6 Å². The smallest absolute Gasteiger partial charge is 0.261 e. The van der Waals surface area contributed by atoms with Gasteiger partial charge in [0.25, 0.3) is 5.91 Å². The van der Waals surface area contributed by atoms with Gasteiger partial charge >= 0.3 is 0 Å². The van der Waals surface area contributed by atoms with Crippen molar-refractivity contribution in [3.05, 3.63) is 70.0 Å². The van der Waals surface area contributed by atoms with Gasteiger partial charge in [-0.05, 0) is 43.3 Å². The third kappa shape index (κ3) is 3.04. The third-order valence-corrected chi connectivity index (χ3v) is 5.14. The number of amides is 1. The maximum absolute atomic E-state index is 13.5. The summed E-state index contributed by atoms with van der Waals surface area (Å²) >= 11 is 3.39. The number of nitrogens with one attached hydrogen (secondary N) is 1. The van der Waals surface area contributed by atoms with E-state index in [0.717, 1.165) is 15.8 Å². The van der Waals surface area contributed by atoms with Crippen molar-refractivity contribution in [2.24, 2.45) is 0 Å². The van der Waals surface area contributed by atoms with E-state index in [-0.39, 0.29) is 24.4 Å². The lowest BCUT2D eigenvalue weighted by Crippen LogP contribution is -2.44. The van der Waals surface area contributed by atoms with Crippen LogP contribution in [0.2, 0.25) is 0 Å². The van der Waals surface area contributed by atoms with E-state index in [0.29, 0.717) is 17.7 Å². The van der Waals surface area contributed by atoms with Gasteiger partial charge in [-0.1, -0.05) is 33.6 Å². The molecule has 0 radical (unpaired) electrons. The summed E-state index contributed by atoms with van der Waals surface area (Å²) in [4.78, 5) is 12.7. The molecule has 1 spiro atoms. The van der Waals surface area contributed by atoms with Crippen molar-refractivity contribution in [1.82, 2.24) is 0 Å². The second kappa shape index (κ2) is 6.52. The van der Waals surface area contributed by atoms with E-state index >= 15 is 0 Å². The molecule has 26 heavy (non-hydrogen) atoms. The number of hydrogen-bond donors (Lipinski definition) is 1. The molecule has 0 aromatic heterocycles. The SMILES string of the molecule is CC1=C[C@H](COc2ccc(Br)cc2)O[C@]2(C1)C(=O)Nc1cc(F)ccc12. The maximum Gasteiger partial charge on any atom is 0.261 e. The van der Waals surface area contributed by atoms with Crippen LogP contribution in [0.15, 0.2) is 58.6 Å². The van der Waals surface area contributed by atoms with Crippen LogP contribution in [0.25, 0.3) is 0 Å². The first-order chi connectivity index (χ1) is 12.5. The number of ether oxygens (including phenoxy) is 2. The molecule has 0 saturated carbocycles. The Hall–Kier alpha value is -2.18. The second-order valence-corrected chi connectivity index (χ2v) is 7.50. The number of halogens is 2. The van der Waals surface area contributed by atoms with E-state index < -0.39 is 5.60 Å². The van der Waals surface area contributed by atoms with E-state index in [4.69, 9.17) is 9.47 Å². The van der Waals surface area contributed by atoms with Crippen LogP contribution in [-0.2, 0) is 15.1 Å². The van der Waals surface area contributed by atoms with Gasteiger partial charge in [0.2, 0.25) is 0 Å². The Morgan fingerprint density at radius 3 is 2.85 bits per heavy atom. The van der Waals surface area contributed by atoms with Crippen molar-refractivity contribution in [2.75, 3.05) is 11.9 Å². The Labute approximate surface area is 159 Å². The van der Waals surface area contributed by atoms with Crippen molar-refractivity contribution >= 4 is 27.5 Å². The van der Waals surface area contributed by atoms with Crippen LogP contribution >= 0.6 is 15.9 Å². The Balaban J connectivity index is 1.58. The van der Waals surface area contributed by atoms with Gasteiger partial charge in [0.05, 0.1) is 5.69 Å². The van der Waals surface area contributed by atoms with Crippen LogP contribution in [0.5, 0.6) is 5.75 Å². The van der Waals surface area contributed by atoms with Crippen LogP contribution < -0.4 is 10.1 Å². The molecule has 4 nitrogen and oxygen atoms in total. The van der Waals surface area contributed by atoms with Crippen molar-refractivity contribution in [3.8, 4) is 5.75 Å². The number of carbonyl (C=O) groups is 1. The highest BCUT2D eigenvalue weighted by Gasteiger charge is 2.51. The van der Waals surface area contributed by atoms with Gasteiger partial charge in [-0.3, -0.25) is 4.79 Å². The normalized spacial score (nSPS) is 24.2. The quantitative estimate of drug-likeness (QED) is 0.745. The van der Waals surface area contributed by atoms with Gasteiger partial charge in [-0.2, -0.15) is 0 Å². The van der Waals surface area contributed by atoms with E-state index in [9.17, 15) is 9.18 Å². The van der Waals surface area contributed by atoms with Crippen molar-refractivity contribution in [2.45, 2.75) is 25.0 Å². The summed E-state index contributed by atoms with van der Waals surface area (Å²) in [5.41, 5.74) is 1.05. The number of rotatable bonds is 3. The van der Waals surface area contributed by atoms with Gasteiger partial charge in [0.1, 0.15) is 24.3 Å². The molecule has 0 bridgehead atoms. The predicted molar refractivity (Wildman–Crippen MR) is 99.6 cm³/mol. The first-order valence-electron chi connectivity index (χ1n) is 8.31. The average molecular weight is 418 g/mol. The van der Waals surface area contributed by atoms with Gasteiger partial charge in [-0.15, -0.1) is 0 Å². The van der Waals surface area contributed by atoms with Gasteiger partial charge < -0.3 is 14.8 Å². The zero-order valence-electron chi connectivity index (χ0n) is 14.1. The number of fused-ring (bicyclic) bond motifs is 2. The van der Waals surface area contributed by atoms with Crippen LogP contribution in [0.1, 0.15) is 18.9 Å². The molecule has 0 unspecified atom stereocenters. The summed E-state index contributed by atoms with van der Waals surface area (Å²) in [5, 5.41) is 2.74. The molecule has 2 heterocycles. The zero-order chi connectivity index (χ0) is 18.3. The Bertz CT molecular complexity index is 896. The van der Waals surface area contributed by atoms with Crippen LogP contribution in [0.4, 0.5) is 10.1 Å². The molecule has 2 aliphatic heterocycles. The van der Waals surface area contributed by atoms with Crippen molar-refractivity contribution in [3.63, 3.8) is 0 Å². The van der Waals surface area contributed by atoms with E-state index in [1.54, 1.807) is 6.07 Å². The molecular weight excluding hydrogens is 401 g/mol. The molecule has 6 heteroatoms. The first kappa shape index (κ1) is 17.2. The lowest BCUT2D eigenvalue weighted by molar-refractivity contribution is -0.151. The average Bonchev–Trinajstić information content (AvgIpc) is 2.84. The van der Waals surface area contributed by atoms with E-state index in [2.05, 4.69) is 21.2 Å². The molecule has 2 aromatic rings. The number of anilines is 1. The zero-order valence-corrected chi connectivity index (χ0v) is 15.7. The lowest BCUT2D eigenvalue weighted by Gasteiger charge is -2.35. The summed E-state index contributed by atoms with van der Waals surface area (Å²) in [6.07, 6.45) is 2.03. The highest BCUT2D eigenvalue weighted by atomic mass is 79.9. The van der Waals surface area contributed by atoms with Gasteiger partial charge in [0, 0.05) is 16.5 Å². The van der Waals surface area contributed by atoms with Crippen LogP contribution in [0, 0.1) is 5.82 Å². The standard InChI is InChI=1S/C20H17BrFNO3/c1-12-8-16(11-25-15-5-2-13(21)3-6-15)26-20(10-12)17-7-4-14(22)9-18(17)23-19(20)24/h2-9,16H,10-11H2,1H3,(H,23,24)/t16-,20+/m1/s1. The minimum atomic E-state index is -1.13. The maximum atomic E-state index is 13.5. The molecule has 0 fully saturated rings. The fourth-order valence-electron chi connectivity index (χ4n) is 3.50. The molecule has 2 aliphatic rings. The number of carbonyl (C=O) groups excluding carboxylic acids is 1. The first-order valence-corrected chi connectivity index (χ1v) is 9.10. The highest BCUT2D eigenvalue weighted by Crippen LogP contribution is 2.46. The lowest BCUT2D eigenvalue weighted by atomic mass is 9.85. The summed E-state index contributed by atoms with van der Waals surface area (Å²) in [7, 11) is 0. The number of benzene rings is 2. The fraction of sp³-hybridized carbons (Fsp3) is 0.250. The van der Waals surface area contributed by atoms with Crippen LogP contribution in [-0.4, -0.2) is 18.6 Å². The molecule has 4 rings (SSSR count). The minimum Gasteiger partial charge on any atom is -0.491 e. The summed E-state index contributed by atoms with van der Waals surface area (Å²) < 4.78 is 26.5. The molecule has 1 amide bonds. The van der Waals surface area contributed by atoms with E-state index in [1.807, 2.05) is 37.3 Å². The minimum absolute atomic E-state index is 0.265. The summed E-state index contributed by atoms with van der Waals surface area (Å²) in [5.74, 6) is 0.0688. The van der Waals surface area contributed by atoms with Crippen molar-refractivity contribution < 1.29 is 18.7 Å². The monoisotopic (exact) mass is 417 g/mol. The molecule has 2 aromatic carbocycles. The molecule has 134 valence electrons. The van der Waals surface area contributed by atoms with Gasteiger partial charge in [-0.25, -0.2) is 4.39 Å². The molecule has 1 N–H and O–H groups in total. The molecule has 0 saturated heterocycles. The Kier molecular flexibility index (Phi) is 4.32. The molecule has 0 aliphatic carbocycles. The summed E-state index contributed by atoms with van der Waals surface area (Å²) in [6.45, 7) is 2.25. The predicted octanol–water partition coefficient (Wildman–Crippen LogP) is 4.55. The van der Waals surface area contributed by atoms with E-state index in [1.165, 1.54) is 12.1 Å². The third-order valence-electron chi connectivity index (χ3n) is 4.61. The summed E-state index contributed by atoms with van der Waals surface area (Å²) in [6, 6.07) is 11.8. The number of hydrogen-bond acceptors (Lipinski definition) is 3. The van der Waals surface area contributed by atoms with Crippen LogP contribution in [0.3, 0.4) is 0 Å². The fourth-order valence-corrected chi connectivity index (χ4v) is 3.77. The Morgan fingerprint density at radius 1 is 1.31 bits per heavy atom. The molecule has 2 atom stereocenters. The molecular formula is C20H17BrFNO3.